The lowest BCUT2D eigenvalue weighted by atomic mass is 10.1. The van der Waals surface area contributed by atoms with Gasteiger partial charge in [-0.15, -0.1) is 0 Å². The van der Waals surface area contributed by atoms with Crippen LogP contribution in [0.5, 0.6) is 5.75 Å². The topological polar surface area (TPSA) is 90.1 Å². The van der Waals surface area contributed by atoms with Gasteiger partial charge in [-0.05, 0) is 48.5 Å². The summed E-state index contributed by atoms with van der Waals surface area (Å²) in [6.07, 6.45) is 0. The SMILES string of the molecule is CCOc1ccc(NC(=O)c2cc3ccccc3o/c2=N\OC(C)=O)cc1. The number of fused-ring (bicyclic) bond motifs is 1. The van der Waals surface area contributed by atoms with Gasteiger partial charge in [-0.1, -0.05) is 18.2 Å². The van der Waals surface area contributed by atoms with E-state index in [2.05, 4.69) is 15.3 Å². The number of hydrogen-bond donors (Lipinski definition) is 1. The smallest absolute Gasteiger partial charge is 0.332 e. The predicted octanol–water partition coefficient (Wildman–Crippen LogP) is 3.46. The second-order valence-corrected chi connectivity index (χ2v) is 5.59. The van der Waals surface area contributed by atoms with Crippen LogP contribution in [-0.4, -0.2) is 18.5 Å². The van der Waals surface area contributed by atoms with E-state index in [4.69, 9.17) is 9.15 Å². The molecule has 0 aliphatic rings. The van der Waals surface area contributed by atoms with Crippen molar-refractivity contribution in [3.8, 4) is 5.75 Å². The zero-order valence-corrected chi connectivity index (χ0v) is 14.9. The highest BCUT2D eigenvalue weighted by Crippen LogP contribution is 2.17. The molecule has 1 heterocycles. The van der Waals surface area contributed by atoms with Gasteiger partial charge in [0.15, 0.2) is 0 Å². The summed E-state index contributed by atoms with van der Waals surface area (Å²) in [5, 5.41) is 7.14. The standard InChI is InChI=1S/C20H18N2O5/c1-3-25-16-10-8-15(9-11-16)21-19(24)17-12-14-6-4-5-7-18(14)26-20(17)22-27-13(2)23/h4-12H,3H2,1-2H3,(H,21,24)/b22-20-. The summed E-state index contributed by atoms with van der Waals surface area (Å²) >= 11 is 0. The molecule has 0 fully saturated rings. The Kier molecular flexibility index (Phi) is 5.51. The van der Waals surface area contributed by atoms with E-state index in [1.165, 1.54) is 6.92 Å². The van der Waals surface area contributed by atoms with Crippen LogP contribution in [0.1, 0.15) is 24.2 Å². The molecule has 2 aromatic carbocycles. The molecule has 138 valence electrons. The van der Waals surface area contributed by atoms with Gasteiger partial charge in [0.05, 0.1) is 6.61 Å². The fourth-order valence-electron chi connectivity index (χ4n) is 2.40. The highest BCUT2D eigenvalue weighted by Gasteiger charge is 2.14. The van der Waals surface area contributed by atoms with Gasteiger partial charge >= 0.3 is 5.97 Å². The van der Waals surface area contributed by atoms with Crippen LogP contribution < -0.4 is 15.6 Å². The first-order valence-corrected chi connectivity index (χ1v) is 8.35. The van der Waals surface area contributed by atoms with Gasteiger partial charge in [-0.3, -0.25) is 4.79 Å². The summed E-state index contributed by atoms with van der Waals surface area (Å²) < 4.78 is 11.0. The molecule has 0 radical (unpaired) electrons. The summed E-state index contributed by atoms with van der Waals surface area (Å²) in [5.41, 5.74) is 1.15. The Morgan fingerprint density at radius 1 is 1.11 bits per heavy atom. The molecule has 0 saturated carbocycles. The Morgan fingerprint density at radius 2 is 1.85 bits per heavy atom. The summed E-state index contributed by atoms with van der Waals surface area (Å²) in [6, 6.07) is 15.8. The Balaban J connectivity index is 1.95. The summed E-state index contributed by atoms with van der Waals surface area (Å²) in [6.45, 7) is 3.67. The van der Waals surface area contributed by atoms with E-state index >= 15 is 0 Å². The Morgan fingerprint density at radius 3 is 2.56 bits per heavy atom. The Labute approximate surface area is 155 Å². The zero-order valence-electron chi connectivity index (χ0n) is 14.9. The maximum atomic E-state index is 12.7. The molecular weight excluding hydrogens is 348 g/mol. The molecule has 0 spiro atoms. The van der Waals surface area contributed by atoms with E-state index in [0.717, 1.165) is 5.39 Å². The van der Waals surface area contributed by atoms with E-state index in [9.17, 15) is 9.59 Å². The number of carbonyl (C=O) groups excluding carboxylic acids is 2. The Bertz CT molecular complexity index is 1040. The molecule has 1 aromatic heterocycles. The lowest BCUT2D eigenvalue weighted by Crippen LogP contribution is -2.22. The lowest BCUT2D eigenvalue weighted by molar-refractivity contribution is -0.141. The molecule has 27 heavy (non-hydrogen) atoms. The quantitative estimate of drug-likeness (QED) is 0.552. The number of hydrogen-bond acceptors (Lipinski definition) is 6. The van der Waals surface area contributed by atoms with Crippen LogP contribution in [0.25, 0.3) is 11.0 Å². The van der Waals surface area contributed by atoms with E-state index in [1.807, 2.05) is 19.1 Å². The van der Waals surface area contributed by atoms with Gasteiger partial charge in [0.25, 0.3) is 11.5 Å². The molecule has 0 aliphatic carbocycles. The van der Waals surface area contributed by atoms with Crippen molar-refractivity contribution in [1.82, 2.24) is 0 Å². The van der Waals surface area contributed by atoms with Crippen molar-refractivity contribution < 1.29 is 23.6 Å². The number of nitrogens with one attached hydrogen (secondary N) is 1. The van der Waals surface area contributed by atoms with Crippen LogP contribution in [0, 0.1) is 0 Å². The number of amides is 1. The molecule has 3 aromatic rings. The summed E-state index contributed by atoms with van der Waals surface area (Å²) in [5.74, 6) is -0.349. The molecule has 0 bridgehead atoms. The highest BCUT2D eigenvalue weighted by molar-refractivity contribution is 6.05. The molecule has 7 nitrogen and oxygen atoms in total. The third-order valence-electron chi connectivity index (χ3n) is 3.58. The van der Waals surface area contributed by atoms with Gasteiger partial charge in [0.1, 0.15) is 16.9 Å². The fourth-order valence-corrected chi connectivity index (χ4v) is 2.40. The van der Waals surface area contributed by atoms with E-state index in [0.29, 0.717) is 23.6 Å². The number of para-hydroxylation sites is 1. The third kappa shape index (κ3) is 4.52. The van der Waals surface area contributed by atoms with Gasteiger partial charge in [-0.2, -0.15) is 0 Å². The number of anilines is 1. The summed E-state index contributed by atoms with van der Waals surface area (Å²) in [7, 11) is 0. The molecular formula is C20H18N2O5. The molecule has 0 aliphatic heterocycles. The molecule has 1 N–H and O–H groups in total. The predicted molar refractivity (Wildman–Crippen MR) is 99.1 cm³/mol. The van der Waals surface area contributed by atoms with Crippen LogP contribution in [-0.2, 0) is 9.63 Å². The van der Waals surface area contributed by atoms with Crippen LogP contribution in [0.15, 0.2) is 64.2 Å². The first kappa shape index (κ1) is 18.2. The van der Waals surface area contributed by atoms with Crippen molar-refractivity contribution in [2.24, 2.45) is 5.16 Å². The van der Waals surface area contributed by atoms with Crippen molar-refractivity contribution in [3.05, 3.63) is 65.7 Å². The highest BCUT2D eigenvalue weighted by atomic mass is 16.7. The minimum atomic E-state index is -0.615. The monoisotopic (exact) mass is 366 g/mol. The van der Waals surface area contributed by atoms with Crippen molar-refractivity contribution in [2.45, 2.75) is 13.8 Å². The fraction of sp³-hybridized carbons (Fsp3) is 0.150. The molecule has 7 heteroatoms. The van der Waals surface area contributed by atoms with Crippen molar-refractivity contribution in [3.63, 3.8) is 0 Å². The number of rotatable bonds is 5. The maximum Gasteiger partial charge on any atom is 0.332 e. The number of carbonyl (C=O) groups is 2. The van der Waals surface area contributed by atoms with Gasteiger partial charge in [0, 0.05) is 18.0 Å². The van der Waals surface area contributed by atoms with Crippen molar-refractivity contribution in [2.75, 3.05) is 11.9 Å². The zero-order chi connectivity index (χ0) is 19.2. The summed E-state index contributed by atoms with van der Waals surface area (Å²) in [4.78, 5) is 28.5. The van der Waals surface area contributed by atoms with Gasteiger partial charge in [-0.25, -0.2) is 4.79 Å². The second-order valence-electron chi connectivity index (χ2n) is 5.59. The minimum Gasteiger partial charge on any atom is -0.494 e. The molecule has 3 rings (SSSR count). The third-order valence-corrected chi connectivity index (χ3v) is 3.58. The average molecular weight is 366 g/mol. The molecule has 0 unspecified atom stereocenters. The second kappa shape index (κ2) is 8.18. The van der Waals surface area contributed by atoms with E-state index in [-0.39, 0.29) is 11.1 Å². The van der Waals surface area contributed by atoms with Crippen LogP contribution in [0.4, 0.5) is 5.69 Å². The molecule has 0 saturated heterocycles. The van der Waals surface area contributed by atoms with Crippen LogP contribution in [0.2, 0.25) is 0 Å². The first-order chi connectivity index (χ1) is 13.1. The minimum absolute atomic E-state index is 0.0904. The van der Waals surface area contributed by atoms with Gasteiger partial charge < -0.3 is 19.3 Å². The molecule has 0 atom stereocenters. The van der Waals surface area contributed by atoms with Crippen LogP contribution in [0.3, 0.4) is 0 Å². The first-order valence-electron chi connectivity index (χ1n) is 8.35. The number of nitrogens with zero attached hydrogens (tertiary/aromatic N) is 1. The van der Waals surface area contributed by atoms with Crippen LogP contribution >= 0.6 is 0 Å². The average Bonchev–Trinajstić information content (AvgIpc) is 2.67. The lowest BCUT2D eigenvalue weighted by Gasteiger charge is -2.08. The largest absolute Gasteiger partial charge is 0.494 e. The molecule has 1 amide bonds. The number of ether oxygens (including phenoxy) is 1. The maximum absolute atomic E-state index is 12.7. The Hall–Kier alpha value is -3.61. The van der Waals surface area contributed by atoms with Crippen molar-refractivity contribution in [1.29, 1.82) is 0 Å². The number of benzene rings is 2. The van der Waals surface area contributed by atoms with Gasteiger partial charge in [0.2, 0.25) is 0 Å². The normalized spacial score (nSPS) is 11.3. The van der Waals surface area contributed by atoms with E-state index in [1.54, 1.807) is 42.5 Å². The van der Waals surface area contributed by atoms with E-state index < -0.39 is 11.9 Å². The van der Waals surface area contributed by atoms with Crippen molar-refractivity contribution >= 4 is 28.5 Å².